The number of carbonyl (C=O) groups is 5. The highest BCUT2D eigenvalue weighted by atomic mass is 16.6. The Morgan fingerprint density at radius 2 is 1.33 bits per heavy atom. The molecule has 2 rings (SSSR count). The van der Waals surface area contributed by atoms with Crippen molar-refractivity contribution in [2.45, 2.75) is 136 Å². The molecule has 0 aliphatic carbocycles. The van der Waals surface area contributed by atoms with Crippen molar-refractivity contribution in [2.24, 2.45) is 5.73 Å². The van der Waals surface area contributed by atoms with Gasteiger partial charge in [-0.05, 0) is 112 Å². The Hall–Kier alpha value is -4.26. The number of hydrogen-bond donors (Lipinski definition) is 4. The van der Waals surface area contributed by atoms with Crippen LogP contribution < -0.4 is 21.7 Å². The molecule has 272 valence electrons. The standard InChI is InChI=1S/C36H55N5O8/c1-34(2,3)47-29(42)18-17-28(32(45)49-36(7,8)9)41-33(46)40-27(31(44)48-35(4,5)6)16-12-13-19-38-30(43)25(37)21-23-20-24-14-10-11-15-26(24)39-22-23/h10-11,14-15,20,22,25,27-28H,12-13,16-19,21,37H2,1-9H3,(H,38,43)(H2,40,41,46)/t25-,27-,28-/m0/s1. The fourth-order valence-corrected chi connectivity index (χ4v) is 4.65. The predicted octanol–water partition coefficient (Wildman–Crippen LogP) is 4.23. The molecule has 0 spiro atoms. The van der Waals surface area contributed by atoms with Gasteiger partial charge in [0.25, 0.3) is 0 Å². The van der Waals surface area contributed by atoms with Crippen LogP contribution in [0, 0.1) is 0 Å². The Labute approximate surface area is 289 Å². The summed E-state index contributed by atoms with van der Waals surface area (Å²) in [7, 11) is 0. The topological polar surface area (TPSA) is 188 Å². The number of esters is 3. The minimum Gasteiger partial charge on any atom is -0.460 e. The van der Waals surface area contributed by atoms with E-state index in [1.807, 2.05) is 30.3 Å². The molecular weight excluding hydrogens is 630 g/mol. The van der Waals surface area contributed by atoms with Gasteiger partial charge in [-0.15, -0.1) is 0 Å². The zero-order valence-corrected chi connectivity index (χ0v) is 30.4. The number of urea groups is 1. The fourth-order valence-electron chi connectivity index (χ4n) is 4.65. The van der Waals surface area contributed by atoms with Crippen LogP contribution in [0.15, 0.2) is 36.5 Å². The lowest BCUT2D eigenvalue weighted by Crippen LogP contribution is -2.53. The molecule has 3 atom stereocenters. The number of ether oxygens (including phenoxy) is 3. The van der Waals surface area contributed by atoms with Gasteiger partial charge >= 0.3 is 23.9 Å². The van der Waals surface area contributed by atoms with Gasteiger partial charge in [-0.25, -0.2) is 14.4 Å². The number of para-hydroxylation sites is 1. The summed E-state index contributed by atoms with van der Waals surface area (Å²) in [4.78, 5) is 68.5. The maximum Gasteiger partial charge on any atom is 0.329 e. The second-order valence-corrected chi connectivity index (χ2v) is 15.0. The first-order valence-electron chi connectivity index (χ1n) is 16.7. The van der Waals surface area contributed by atoms with Crippen molar-refractivity contribution in [1.29, 1.82) is 0 Å². The second-order valence-electron chi connectivity index (χ2n) is 15.0. The number of benzene rings is 1. The van der Waals surface area contributed by atoms with Gasteiger partial charge in [0.15, 0.2) is 0 Å². The molecule has 0 bridgehead atoms. The van der Waals surface area contributed by atoms with Gasteiger partial charge in [-0.2, -0.15) is 0 Å². The second kappa shape index (κ2) is 17.9. The van der Waals surface area contributed by atoms with Crippen LogP contribution in [0.3, 0.4) is 0 Å². The first kappa shape index (κ1) is 40.9. The van der Waals surface area contributed by atoms with Gasteiger partial charge in [0.05, 0.1) is 11.6 Å². The normalized spacial score (nSPS) is 13.8. The Bertz CT molecular complexity index is 1440. The number of aromatic nitrogens is 1. The lowest BCUT2D eigenvalue weighted by atomic mass is 10.1. The van der Waals surface area contributed by atoms with Crippen LogP contribution in [0.1, 0.15) is 100.0 Å². The van der Waals surface area contributed by atoms with Crippen LogP contribution in [0.5, 0.6) is 0 Å². The van der Waals surface area contributed by atoms with Gasteiger partial charge in [0, 0.05) is 24.5 Å². The minimum absolute atomic E-state index is 0.0758. The Kier molecular flexibility index (Phi) is 15.0. The number of nitrogens with two attached hydrogens (primary N) is 1. The third-order valence-corrected chi connectivity index (χ3v) is 6.71. The predicted molar refractivity (Wildman–Crippen MR) is 186 cm³/mol. The highest BCUT2D eigenvalue weighted by Gasteiger charge is 2.31. The van der Waals surface area contributed by atoms with Gasteiger partial charge in [-0.1, -0.05) is 18.2 Å². The molecule has 2 aromatic rings. The number of fused-ring (bicyclic) bond motifs is 1. The van der Waals surface area contributed by atoms with E-state index < -0.39 is 58.9 Å². The molecule has 0 saturated heterocycles. The van der Waals surface area contributed by atoms with E-state index in [1.165, 1.54) is 0 Å². The van der Waals surface area contributed by atoms with Crippen LogP contribution in [0.4, 0.5) is 4.79 Å². The molecule has 1 aromatic carbocycles. The summed E-state index contributed by atoms with van der Waals surface area (Å²) in [6.45, 7) is 15.7. The number of pyridine rings is 1. The lowest BCUT2D eigenvalue weighted by Gasteiger charge is -2.27. The first-order valence-corrected chi connectivity index (χ1v) is 16.7. The molecule has 1 heterocycles. The molecule has 0 fully saturated rings. The average Bonchev–Trinajstić information content (AvgIpc) is 2.95. The number of nitrogens with one attached hydrogen (secondary N) is 3. The van der Waals surface area contributed by atoms with Crippen molar-refractivity contribution in [3.63, 3.8) is 0 Å². The van der Waals surface area contributed by atoms with Gasteiger partial charge in [0.2, 0.25) is 5.91 Å². The summed E-state index contributed by atoms with van der Waals surface area (Å²) < 4.78 is 16.3. The van der Waals surface area contributed by atoms with E-state index in [-0.39, 0.29) is 25.2 Å². The van der Waals surface area contributed by atoms with Crippen molar-refractivity contribution in [3.05, 3.63) is 42.1 Å². The maximum absolute atomic E-state index is 13.1. The number of rotatable bonds is 15. The molecule has 13 nitrogen and oxygen atoms in total. The number of hydrogen-bond acceptors (Lipinski definition) is 10. The van der Waals surface area contributed by atoms with Crippen molar-refractivity contribution in [3.8, 4) is 0 Å². The molecule has 0 unspecified atom stereocenters. The molecule has 0 saturated carbocycles. The summed E-state index contributed by atoms with van der Waals surface area (Å²) in [5, 5.41) is 8.95. The summed E-state index contributed by atoms with van der Waals surface area (Å²) in [6.07, 6.45) is 2.95. The summed E-state index contributed by atoms with van der Waals surface area (Å²) in [5.41, 5.74) is 5.50. The zero-order chi connectivity index (χ0) is 37.0. The van der Waals surface area contributed by atoms with E-state index in [0.717, 1.165) is 16.5 Å². The lowest BCUT2D eigenvalue weighted by molar-refractivity contribution is -0.159. The third kappa shape index (κ3) is 16.6. The van der Waals surface area contributed by atoms with E-state index in [2.05, 4.69) is 20.9 Å². The van der Waals surface area contributed by atoms with Crippen molar-refractivity contribution in [1.82, 2.24) is 20.9 Å². The number of carbonyl (C=O) groups excluding carboxylic acids is 5. The Morgan fingerprint density at radius 3 is 1.90 bits per heavy atom. The fraction of sp³-hybridized carbons (Fsp3) is 0.611. The van der Waals surface area contributed by atoms with Gasteiger partial charge in [-0.3, -0.25) is 14.6 Å². The van der Waals surface area contributed by atoms with E-state index >= 15 is 0 Å². The van der Waals surface area contributed by atoms with E-state index in [9.17, 15) is 24.0 Å². The molecule has 5 N–H and O–H groups in total. The molecule has 0 aliphatic rings. The van der Waals surface area contributed by atoms with E-state index in [0.29, 0.717) is 25.8 Å². The maximum atomic E-state index is 13.1. The number of amides is 3. The molecule has 0 radical (unpaired) electrons. The SMILES string of the molecule is CC(C)(C)OC(=O)CC[C@H](NC(=O)N[C@@H](CCCCNC(=O)[C@@H](N)Cc1cnc2ccccc2c1)C(=O)OC(C)(C)C)C(=O)OC(C)(C)C. The summed E-state index contributed by atoms with van der Waals surface area (Å²) in [6, 6.07) is 5.85. The van der Waals surface area contributed by atoms with Crippen LogP contribution in [-0.2, 0) is 39.8 Å². The highest BCUT2D eigenvalue weighted by molar-refractivity contribution is 5.87. The Balaban J connectivity index is 1.97. The van der Waals surface area contributed by atoms with Crippen LogP contribution in [-0.4, -0.2) is 76.3 Å². The van der Waals surface area contributed by atoms with E-state index in [4.69, 9.17) is 19.9 Å². The molecule has 13 heteroatoms. The van der Waals surface area contributed by atoms with Crippen LogP contribution >= 0.6 is 0 Å². The molecule has 0 aliphatic heterocycles. The number of nitrogens with zero attached hydrogens (tertiary/aromatic N) is 1. The van der Waals surface area contributed by atoms with Crippen LogP contribution in [0.2, 0.25) is 0 Å². The molecule has 1 aromatic heterocycles. The third-order valence-electron chi connectivity index (χ3n) is 6.71. The van der Waals surface area contributed by atoms with Gasteiger partial charge < -0.3 is 35.9 Å². The molecule has 3 amide bonds. The van der Waals surface area contributed by atoms with Crippen LogP contribution in [0.25, 0.3) is 10.9 Å². The van der Waals surface area contributed by atoms with E-state index in [1.54, 1.807) is 68.5 Å². The minimum atomic E-state index is -1.18. The molecular formula is C36H55N5O8. The monoisotopic (exact) mass is 685 g/mol. The summed E-state index contributed by atoms with van der Waals surface area (Å²) in [5.74, 6) is -2.23. The highest BCUT2D eigenvalue weighted by Crippen LogP contribution is 2.16. The Morgan fingerprint density at radius 1 is 0.776 bits per heavy atom. The zero-order valence-electron chi connectivity index (χ0n) is 30.4. The van der Waals surface area contributed by atoms with Gasteiger partial charge in [0.1, 0.15) is 28.9 Å². The largest absolute Gasteiger partial charge is 0.460 e. The summed E-state index contributed by atoms with van der Waals surface area (Å²) >= 11 is 0. The smallest absolute Gasteiger partial charge is 0.329 e. The van der Waals surface area contributed by atoms with Crippen molar-refractivity contribution < 1.29 is 38.2 Å². The quantitative estimate of drug-likeness (QED) is 0.120. The average molecular weight is 686 g/mol. The molecule has 49 heavy (non-hydrogen) atoms. The van der Waals surface area contributed by atoms with Crippen molar-refractivity contribution in [2.75, 3.05) is 6.54 Å². The van der Waals surface area contributed by atoms with Crippen molar-refractivity contribution >= 4 is 40.7 Å². The first-order chi connectivity index (χ1) is 22.6. The number of unbranched alkanes of at least 4 members (excludes halogenated alkanes) is 1.